The summed E-state index contributed by atoms with van der Waals surface area (Å²) in [5.74, 6) is -0.328. The van der Waals surface area contributed by atoms with Crippen LogP contribution in [0.1, 0.15) is 16.8 Å². The number of rotatable bonds is 3. The standard InChI is InChI=1S/C14H11BrFNO.BrH/c1-10-8-12(6-7-17-10)14(15,9-18)11-2-4-13(16)5-3-11;/h2-9H,1H3;1H. The molecule has 0 saturated carbocycles. The summed E-state index contributed by atoms with van der Waals surface area (Å²) in [6.07, 6.45) is 2.45. The van der Waals surface area contributed by atoms with Gasteiger partial charge in [0.1, 0.15) is 16.4 Å². The number of aldehydes is 1. The number of halogens is 3. The first-order chi connectivity index (χ1) is 8.56. The van der Waals surface area contributed by atoms with Crippen molar-refractivity contribution in [3.05, 3.63) is 65.2 Å². The predicted molar refractivity (Wildman–Crippen MR) is 81.5 cm³/mol. The molecule has 19 heavy (non-hydrogen) atoms. The fourth-order valence-electron chi connectivity index (χ4n) is 1.77. The lowest BCUT2D eigenvalue weighted by Crippen LogP contribution is -2.21. The summed E-state index contributed by atoms with van der Waals surface area (Å²) in [5, 5.41) is 0. The van der Waals surface area contributed by atoms with Crippen LogP contribution in [0.4, 0.5) is 4.39 Å². The van der Waals surface area contributed by atoms with Crippen LogP contribution >= 0.6 is 32.9 Å². The SMILES string of the molecule is Br.Cc1cc(C(Br)(C=O)c2ccc(F)cc2)ccn1. The number of alkyl halides is 1. The Morgan fingerprint density at radius 2 is 1.84 bits per heavy atom. The van der Waals surface area contributed by atoms with Gasteiger partial charge in [-0.05, 0) is 42.3 Å². The number of aromatic nitrogens is 1. The normalized spacial score (nSPS) is 13.2. The van der Waals surface area contributed by atoms with Crippen LogP contribution in [0.25, 0.3) is 0 Å². The van der Waals surface area contributed by atoms with E-state index in [1.54, 1.807) is 24.4 Å². The van der Waals surface area contributed by atoms with Gasteiger partial charge in [-0.25, -0.2) is 4.39 Å². The van der Waals surface area contributed by atoms with Gasteiger partial charge >= 0.3 is 0 Å². The third kappa shape index (κ3) is 3.28. The van der Waals surface area contributed by atoms with Crippen molar-refractivity contribution in [2.75, 3.05) is 0 Å². The largest absolute Gasteiger partial charge is 0.301 e. The number of carbonyl (C=O) groups excluding carboxylic acids is 1. The van der Waals surface area contributed by atoms with E-state index in [2.05, 4.69) is 20.9 Å². The van der Waals surface area contributed by atoms with Gasteiger partial charge in [0.25, 0.3) is 0 Å². The van der Waals surface area contributed by atoms with E-state index in [-0.39, 0.29) is 22.8 Å². The Kier molecular flexibility index (Phi) is 5.38. The van der Waals surface area contributed by atoms with Gasteiger partial charge < -0.3 is 4.79 Å². The summed E-state index contributed by atoms with van der Waals surface area (Å²) in [5.41, 5.74) is 2.28. The molecule has 2 rings (SSSR count). The van der Waals surface area contributed by atoms with Crippen molar-refractivity contribution in [2.24, 2.45) is 0 Å². The second-order valence-electron chi connectivity index (χ2n) is 4.02. The highest BCUT2D eigenvalue weighted by Gasteiger charge is 2.31. The Labute approximate surface area is 130 Å². The first kappa shape index (κ1) is 16.0. The first-order valence-corrected chi connectivity index (χ1v) is 6.20. The highest BCUT2D eigenvalue weighted by molar-refractivity contribution is 9.10. The molecule has 2 nitrogen and oxygen atoms in total. The zero-order chi connectivity index (χ0) is 13.2. The fraction of sp³-hybridized carbons (Fsp3) is 0.143. The molecule has 0 amide bonds. The number of carbonyl (C=O) groups is 1. The molecule has 1 aromatic carbocycles. The van der Waals surface area contributed by atoms with Gasteiger partial charge in [0.05, 0.1) is 0 Å². The van der Waals surface area contributed by atoms with Gasteiger partial charge in [0.15, 0.2) is 0 Å². The maximum atomic E-state index is 12.9. The highest BCUT2D eigenvalue weighted by Crippen LogP contribution is 2.36. The Balaban J connectivity index is 0.00000180. The molecule has 0 aliphatic carbocycles. The molecule has 1 aromatic heterocycles. The first-order valence-electron chi connectivity index (χ1n) is 5.40. The Hall–Kier alpha value is -1.07. The molecule has 0 saturated heterocycles. The Morgan fingerprint density at radius 3 is 2.37 bits per heavy atom. The van der Waals surface area contributed by atoms with Crippen molar-refractivity contribution in [1.82, 2.24) is 4.98 Å². The minimum Gasteiger partial charge on any atom is -0.301 e. The monoisotopic (exact) mass is 387 g/mol. The summed E-state index contributed by atoms with van der Waals surface area (Å²) >= 11 is 3.44. The van der Waals surface area contributed by atoms with Crippen LogP contribution < -0.4 is 0 Å². The number of hydrogen-bond acceptors (Lipinski definition) is 2. The van der Waals surface area contributed by atoms with E-state index in [1.165, 1.54) is 12.1 Å². The fourth-order valence-corrected chi connectivity index (χ4v) is 2.28. The number of hydrogen-bond donors (Lipinski definition) is 0. The van der Waals surface area contributed by atoms with Gasteiger partial charge in [0, 0.05) is 11.9 Å². The number of pyridine rings is 1. The summed E-state index contributed by atoms with van der Waals surface area (Å²) in [6.45, 7) is 1.85. The average Bonchev–Trinajstić information content (AvgIpc) is 2.38. The quantitative estimate of drug-likeness (QED) is 0.588. The van der Waals surface area contributed by atoms with Crippen molar-refractivity contribution in [1.29, 1.82) is 0 Å². The van der Waals surface area contributed by atoms with Crippen molar-refractivity contribution in [2.45, 2.75) is 11.2 Å². The van der Waals surface area contributed by atoms with Crippen LogP contribution in [0.5, 0.6) is 0 Å². The van der Waals surface area contributed by atoms with E-state index < -0.39 is 4.32 Å². The lowest BCUT2D eigenvalue weighted by Gasteiger charge is -2.22. The van der Waals surface area contributed by atoms with Crippen LogP contribution in [0.2, 0.25) is 0 Å². The summed E-state index contributed by atoms with van der Waals surface area (Å²) in [6, 6.07) is 9.44. The second kappa shape index (κ2) is 6.39. The van der Waals surface area contributed by atoms with E-state index in [4.69, 9.17) is 0 Å². The van der Waals surface area contributed by atoms with Crippen LogP contribution in [0.3, 0.4) is 0 Å². The molecule has 1 heterocycles. The summed E-state index contributed by atoms with van der Waals surface area (Å²) in [4.78, 5) is 15.6. The van der Waals surface area contributed by atoms with Gasteiger partial charge in [-0.3, -0.25) is 4.98 Å². The zero-order valence-electron chi connectivity index (χ0n) is 10.1. The zero-order valence-corrected chi connectivity index (χ0v) is 13.4. The predicted octanol–water partition coefficient (Wildman–Crippen LogP) is 3.94. The lowest BCUT2D eigenvalue weighted by atomic mass is 9.92. The topological polar surface area (TPSA) is 30.0 Å². The number of benzene rings is 1. The molecular formula is C14H12Br2FNO. The van der Waals surface area contributed by atoms with Gasteiger partial charge in [0.2, 0.25) is 0 Å². The molecule has 0 bridgehead atoms. The van der Waals surface area contributed by atoms with E-state index in [9.17, 15) is 9.18 Å². The Morgan fingerprint density at radius 1 is 1.21 bits per heavy atom. The molecule has 1 atom stereocenters. The third-order valence-corrected chi connectivity index (χ3v) is 3.85. The van der Waals surface area contributed by atoms with Gasteiger partial charge in [-0.15, -0.1) is 17.0 Å². The van der Waals surface area contributed by atoms with Gasteiger partial charge in [-0.1, -0.05) is 28.1 Å². The summed E-state index contributed by atoms with van der Waals surface area (Å²) in [7, 11) is 0. The Bertz CT molecular complexity index is 574. The lowest BCUT2D eigenvalue weighted by molar-refractivity contribution is -0.109. The average molecular weight is 389 g/mol. The van der Waals surface area contributed by atoms with Crippen molar-refractivity contribution in [3.8, 4) is 0 Å². The maximum absolute atomic E-state index is 12.9. The molecule has 100 valence electrons. The van der Waals surface area contributed by atoms with Crippen LogP contribution in [-0.2, 0) is 9.12 Å². The molecule has 1 unspecified atom stereocenters. The third-order valence-electron chi connectivity index (χ3n) is 2.74. The second-order valence-corrected chi connectivity index (χ2v) is 5.27. The number of nitrogens with zero attached hydrogens (tertiary/aromatic N) is 1. The smallest absolute Gasteiger partial charge is 0.145 e. The van der Waals surface area contributed by atoms with Crippen molar-refractivity contribution in [3.63, 3.8) is 0 Å². The molecule has 0 spiro atoms. The number of aryl methyl sites for hydroxylation is 1. The maximum Gasteiger partial charge on any atom is 0.145 e. The van der Waals surface area contributed by atoms with Crippen molar-refractivity contribution >= 4 is 39.2 Å². The van der Waals surface area contributed by atoms with Crippen LogP contribution in [0, 0.1) is 12.7 Å². The molecule has 2 aromatic rings. The molecule has 0 aliphatic heterocycles. The molecule has 0 radical (unpaired) electrons. The molecule has 5 heteroatoms. The van der Waals surface area contributed by atoms with E-state index in [0.717, 1.165) is 17.5 Å². The van der Waals surface area contributed by atoms with E-state index >= 15 is 0 Å². The van der Waals surface area contributed by atoms with Crippen LogP contribution in [0.15, 0.2) is 42.6 Å². The minimum atomic E-state index is -0.964. The van der Waals surface area contributed by atoms with Crippen LogP contribution in [-0.4, -0.2) is 11.3 Å². The molecule has 0 fully saturated rings. The van der Waals surface area contributed by atoms with E-state index in [0.29, 0.717) is 5.56 Å². The molecule has 0 N–H and O–H groups in total. The molecular weight excluding hydrogens is 377 g/mol. The van der Waals surface area contributed by atoms with Crippen molar-refractivity contribution < 1.29 is 9.18 Å². The highest BCUT2D eigenvalue weighted by atomic mass is 79.9. The molecule has 0 aliphatic rings. The minimum absolute atomic E-state index is 0. The van der Waals surface area contributed by atoms with Gasteiger partial charge in [-0.2, -0.15) is 0 Å². The summed E-state index contributed by atoms with van der Waals surface area (Å²) < 4.78 is 12.0. The van der Waals surface area contributed by atoms with E-state index in [1.807, 2.05) is 13.0 Å².